The first-order chi connectivity index (χ1) is 11.3. The van der Waals surface area contributed by atoms with Crippen LogP contribution in [0.15, 0.2) is 29.0 Å². The van der Waals surface area contributed by atoms with Crippen LogP contribution in [0, 0.1) is 0 Å². The molecule has 23 heavy (non-hydrogen) atoms. The van der Waals surface area contributed by atoms with E-state index in [9.17, 15) is 0 Å². The summed E-state index contributed by atoms with van der Waals surface area (Å²) in [6.07, 6.45) is 7.01. The fourth-order valence-electron chi connectivity index (χ4n) is 2.11. The highest BCUT2D eigenvalue weighted by Gasteiger charge is 2.05. The predicted molar refractivity (Wildman–Crippen MR) is 96.2 cm³/mol. The van der Waals surface area contributed by atoms with Crippen molar-refractivity contribution in [1.82, 2.24) is 25.0 Å². The number of hydrogen-bond acceptors (Lipinski definition) is 5. The van der Waals surface area contributed by atoms with E-state index in [1.54, 1.807) is 22.7 Å². The number of rotatable bonds is 6. The smallest absolute Gasteiger partial charge is 0.193 e. The number of nitrogens with one attached hydrogen (secondary N) is 2. The van der Waals surface area contributed by atoms with Gasteiger partial charge in [-0.1, -0.05) is 6.92 Å². The number of hydrogen-bond donors (Lipinski definition) is 2. The third-order valence-corrected chi connectivity index (χ3v) is 5.16. The Labute approximate surface area is 143 Å². The maximum absolute atomic E-state index is 4.60. The monoisotopic (exact) mass is 348 g/mol. The van der Waals surface area contributed by atoms with Crippen molar-refractivity contribution in [2.24, 2.45) is 4.99 Å². The first kappa shape index (κ1) is 15.9. The minimum Gasteiger partial charge on any atom is -0.357 e. The number of fused-ring (bicyclic) bond motifs is 1. The molecule has 3 aromatic heterocycles. The molecular formula is C15H20N6S2. The van der Waals surface area contributed by atoms with Crippen molar-refractivity contribution in [3.05, 3.63) is 39.5 Å². The van der Waals surface area contributed by atoms with Gasteiger partial charge in [0.05, 0.1) is 18.8 Å². The zero-order valence-corrected chi connectivity index (χ0v) is 14.9. The zero-order chi connectivity index (χ0) is 16.1. The van der Waals surface area contributed by atoms with Crippen molar-refractivity contribution >= 4 is 33.6 Å². The van der Waals surface area contributed by atoms with Crippen LogP contribution >= 0.6 is 22.7 Å². The van der Waals surface area contributed by atoms with E-state index in [0.717, 1.165) is 34.6 Å². The molecule has 0 radical (unpaired) electrons. The van der Waals surface area contributed by atoms with Gasteiger partial charge in [0.2, 0.25) is 0 Å². The molecule has 3 heterocycles. The Bertz CT molecular complexity index is 756. The number of aryl methyl sites for hydroxylation is 1. The van der Waals surface area contributed by atoms with Crippen LogP contribution in [-0.2, 0) is 19.5 Å². The highest BCUT2D eigenvalue weighted by Crippen LogP contribution is 2.13. The fourth-order valence-corrected chi connectivity index (χ4v) is 3.63. The summed E-state index contributed by atoms with van der Waals surface area (Å²) in [7, 11) is 0. The van der Waals surface area contributed by atoms with Crippen molar-refractivity contribution in [1.29, 1.82) is 0 Å². The van der Waals surface area contributed by atoms with Gasteiger partial charge in [-0.05, 0) is 13.3 Å². The topological polar surface area (TPSA) is 66.6 Å². The van der Waals surface area contributed by atoms with Gasteiger partial charge in [-0.2, -0.15) is 0 Å². The van der Waals surface area contributed by atoms with Gasteiger partial charge >= 0.3 is 0 Å². The Hall–Kier alpha value is -1.93. The summed E-state index contributed by atoms with van der Waals surface area (Å²) in [5.41, 5.74) is 0.969. The van der Waals surface area contributed by atoms with Crippen molar-refractivity contribution in [3.63, 3.8) is 0 Å². The van der Waals surface area contributed by atoms with Crippen LogP contribution in [0.25, 0.3) is 4.96 Å². The molecule has 0 bridgehead atoms. The first-order valence-corrected chi connectivity index (χ1v) is 9.35. The normalized spacial score (nSPS) is 12.0. The molecule has 8 heteroatoms. The molecule has 3 aromatic rings. The van der Waals surface area contributed by atoms with E-state index >= 15 is 0 Å². The van der Waals surface area contributed by atoms with E-state index in [4.69, 9.17) is 0 Å². The van der Waals surface area contributed by atoms with Crippen molar-refractivity contribution < 1.29 is 0 Å². The first-order valence-electron chi connectivity index (χ1n) is 7.65. The van der Waals surface area contributed by atoms with Crippen LogP contribution < -0.4 is 10.6 Å². The van der Waals surface area contributed by atoms with E-state index in [2.05, 4.69) is 39.4 Å². The molecule has 0 unspecified atom stereocenters. The summed E-state index contributed by atoms with van der Waals surface area (Å²) in [6.45, 7) is 6.27. The molecule has 6 nitrogen and oxygen atoms in total. The number of aliphatic imine (C=N–C) groups is 1. The lowest BCUT2D eigenvalue weighted by atomic mass is 10.4. The molecular weight excluding hydrogens is 328 g/mol. The third-order valence-electron chi connectivity index (χ3n) is 3.24. The summed E-state index contributed by atoms with van der Waals surface area (Å²) in [6, 6.07) is 0. The van der Waals surface area contributed by atoms with Gasteiger partial charge in [0, 0.05) is 35.4 Å². The standard InChI is InChI=1S/C15H20N6S2/c1-3-12-8-17-13(23-12)9-19-14(16-4-2)18-7-11-10-21-5-6-22-15(21)20-11/h5-6,8,10H,3-4,7,9H2,1-2H3,(H2,16,18,19). The molecule has 0 spiro atoms. The molecule has 0 aliphatic heterocycles. The summed E-state index contributed by atoms with van der Waals surface area (Å²) >= 11 is 3.37. The second kappa shape index (κ2) is 7.56. The van der Waals surface area contributed by atoms with E-state index in [0.29, 0.717) is 13.1 Å². The van der Waals surface area contributed by atoms with Gasteiger partial charge in [-0.25, -0.2) is 15.0 Å². The summed E-state index contributed by atoms with van der Waals surface area (Å²) < 4.78 is 2.03. The average molecular weight is 349 g/mol. The molecule has 0 aliphatic rings. The van der Waals surface area contributed by atoms with Gasteiger partial charge < -0.3 is 10.6 Å². The van der Waals surface area contributed by atoms with Crippen LogP contribution in [0.1, 0.15) is 29.4 Å². The van der Waals surface area contributed by atoms with E-state index in [1.165, 1.54) is 4.88 Å². The Kier molecular flexibility index (Phi) is 5.24. The van der Waals surface area contributed by atoms with Crippen molar-refractivity contribution in [2.45, 2.75) is 33.4 Å². The number of aromatic nitrogens is 3. The zero-order valence-electron chi connectivity index (χ0n) is 13.2. The van der Waals surface area contributed by atoms with E-state index in [1.807, 2.05) is 28.4 Å². The number of imidazole rings is 1. The van der Waals surface area contributed by atoms with Gasteiger partial charge in [-0.3, -0.25) is 4.40 Å². The van der Waals surface area contributed by atoms with Gasteiger partial charge in [0.25, 0.3) is 0 Å². The Morgan fingerprint density at radius 3 is 3.00 bits per heavy atom. The number of nitrogens with zero attached hydrogens (tertiary/aromatic N) is 4. The van der Waals surface area contributed by atoms with Crippen LogP contribution in [0.2, 0.25) is 0 Å². The fraction of sp³-hybridized carbons (Fsp3) is 0.400. The molecule has 0 atom stereocenters. The maximum atomic E-state index is 4.60. The van der Waals surface area contributed by atoms with Crippen molar-refractivity contribution in [3.8, 4) is 0 Å². The van der Waals surface area contributed by atoms with Gasteiger partial charge in [0.15, 0.2) is 10.9 Å². The molecule has 0 amide bonds. The Morgan fingerprint density at radius 1 is 1.35 bits per heavy atom. The maximum Gasteiger partial charge on any atom is 0.193 e. The van der Waals surface area contributed by atoms with E-state index in [-0.39, 0.29) is 0 Å². The molecule has 0 saturated carbocycles. The van der Waals surface area contributed by atoms with Crippen LogP contribution in [0.4, 0.5) is 0 Å². The molecule has 2 N–H and O–H groups in total. The lowest BCUT2D eigenvalue weighted by Gasteiger charge is -2.09. The Morgan fingerprint density at radius 2 is 2.26 bits per heavy atom. The molecule has 122 valence electrons. The predicted octanol–water partition coefficient (Wildman–Crippen LogP) is 2.67. The summed E-state index contributed by atoms with van der Waals surface area (Å²) in [4.78, 5) is 15.9. The van der Waals surface area contributed by atoms with Crippen molar-refractivity contribution in [2.75, 3.05) is 6.54 Å². The quantitative estimate of drug-likeness (QED) is 0.531. The summed E-state index contributed by atoms with van der Waals surface area (Å²) in [5.74, 6) is 0.789. The molecule has 0 saturated heterocycles. The molecule has 0 aromatic carbocycles. The van der Waals surface area contributed by atoms with Gasteiger partial charge in [-0.15, -0.1) is 22.7 Å². The largest absolute Gasteiger partial charge is 0.357 e. The third kappa shape index (κ3) is 4.08. The summed E-state index contributed by atoms with van der Waals surface area (Å²) in [5, 5.41) is 9.69. The second-order valence-electron chi connectivity index (χ2n) is 4.95. The van der Waals surface area contributed by atoms with Crippen LogP contribution in [0.3, 0.4) is 0 Å². The molecule has 3 rings (SSSR count). The van der Waals surface area contributed by atoms with Crippen LogP contribution in [0.5, 0.6) is 0 Å². The highest BCUT2D eigenvalue weighted by molar-refractivity contribution is 7.15. The lowest BCUT2D eigenvalue weighted by molar-refractivity contribution is 0.809. The minimum absolute atomic E-state index is 0.557. The average Bonchev–Trinajstić information content (AvgIpc) is 3.25. The SMILES string of the molecule is CCNC(=NCc1cn2ccsc2n1)NCc1ncc(CC)s1. The number of thiazole rings is 2. The van der Waals surface area contributed by atoms with Crippen LogP contribution in [-0.4, -0.2) is 26.9 Å². The van der Waals surface area contributed by atoms with Gasteiger partial charge in [0.1, 0.15) is 5.01 Å². The number of guanidine groups is 1. The molecule has 0 aliphatic carbocycles. The van der Waals surface area contributed by atoms with E-state index < -0.39 is 0 Å². The molecule has 0 fully saturated rings. The highest BCUT2D eigenvalue weighted by atomic mass is 32.1. The second-order valence-corrected chi connectivity index (χ2v) is 7.02. The Balaban J connectivity index is 1.61. The lowest BCUT2D eigenvalue weighted by Crippen LogP contribution is -2.36. The minimum atomic E-state index is 0.557.